The molecule has 0 saturated carbocycles. The van der Waals surface area contributed by atoms with E-state index in [2.05, 4.69) is 14.9 Å². The Morgan fingerprint density at radius 1 is 0.971 bits per heavy atom. The number of hydrogen-bond donors (Lipinski definition) is 1. The molecule has 2 aliphatic rings. The lowest BCUT2D eigenvalue weighted by Crippen LogP contribution is -2.48. The van der Waals surface area contributed by atoms with E-state index in [1.54, 1.807) is 35.7 Å². The molecular weight excluding hydrogens is 466 g/mol. The molecule has 0 radical (unpaired) electrons. The second-order valence-corrected chi connectivity index (χ2v) is 11.1. The smallest absolute Gasteiger partial charge is 0.253 e. The standard InChI is InChI=1S/C25H31N5O4S/c1-34-20-7-10-22-23(17-20)27-24(26-22)18-28-13-15-29(16-14-28)25(31)19-5-8-21(9-6-19)35(32,33)30-11-3-2-4-12-30/h5-10,17H,2-4,11-16,18H2,1H3,(H,26,27). The predicted octanol–water partition coefficient (Wildman–Crippen LogP) is 2.70. The van der Waals surface area contributed by atoms with Crippen LogP contribution in [0.3, 0.4) is 0 Å². The lowest BCUT2D eigenvalue weighted by Gasteiger charge is -2.34. The highest BCUT2D eigenvalue weighted by molar-refractivity contribution is 7.89. The molecule has 1 aromatic heterocycles. The van der Waals surface area contributed by atoms with Crippen LogP contribution in [-0.2, 0) is 16.6 Å². The highest BCUT2D eigenvalue weighted by atomic mass is 32.2. The number of hydrogen-bond acceptors (Lipinski definition) is 6. The normalized spacial score (nSPS) is 18.1. The van der Waals surface area contributed by atoms with Gasteiger partial charge in [-0.25, -0.2) is 13.4 Å². The number of carbonyl (C=O) groups is 1. The number of imidazole rings is 1. The van der Waals surface area contributed by atoms with Crippen LogP contribution in [0.5, 0.6) is 5.75 Å². The number of H-pyrrole nitrogens is 1. The van der Waals surface area contributed by atoms with E-state index in [1.807, 2.05) is 23.1 Å². The molecule has 5 rings (SSSR count). The van der Waals surface area contributed by atoms with Gasteiger partial charge in [-0.05, 0) is 49.2 Å². The third kappa shape index (κ3) is 5.05. The summed E-state index contributed by atoms with van der Waals surface area (Å²) in [6, 6.07) is 12.2. The number of nitrogens with zero attached hydrogens (tertiary/aromatic N) is 4. The number of piperazine rings is 1. The number of aromatic nitrogens is 2. The molecule has 1 amide bonds. The summed E-state index contributed by atoms with van der Waals surface area (Å²) < 4.78 is 32.5. The molecule has 3 heterocycles. The zero-order valence-corrected chi connectivity index (χ0v) is 20.8. The van der Waals surface area contributed by atoms with E-state index < -0.39 is 10.0 Å². The summed E-state index contributed by atoms with van der Waals surface area (Å²) in [5.74, 6) is 1.61. The van der Waals surface area contributed by atoms with Crippen LogP contribution in [-0.4, -0.2) is 84.8 Å². The number of amides is 1. The molecule has 10 heteroatoms. The Morgan fingerprint density at radius 3 is 2.37 bits per heavy atom. The topological polar surface area (TPSA) is 98.8 Å². The zero-order valence-electron chi connectivity index (χ0n) is 19.9. The summed E-state index contributed by atoms with van der Waals surface area (Å²) in [4.78, 5) is 25.4. The van der Waals surface area contributed by atoms with Gasteiger partial charge in [0, 0.05) is 50.9 Å². The molecule has 0 aliphatic carbocycles. The van der Waals surface area contributed by atoms with Crippen molar-refractivity contribution in [3.05, 3.63) is 53.9 Å². The van der Waals surface area contributed by atoms with E-state index in [0.717, 1.165) is 55.0 Å². The molecule has 0 bridgehead atoms. The first-order valence-corrected chi connectivity index (χ1v) is 13.5. The van der Waals surface area contributed by atoms with Crippen molar-refractivity contribution >= 4 is 27.0 Å². The number of benzene rings is 2. The Labute approximate surface area is 205 Å². The van der Waals surface area contributed by atoms with E-state index in [4.69, 9.17) is 4.74 Å². The molecule has 3 aromatic rings. The van der Waals surface area contributed by atoms with E-state index in [-0.39, 0.29) is 10.8 Å². The van der Waals surface area contributed by atoms with Crippen LogP contribution in [0.1, 0.15) is 35.4 Å². The van der Waals surface area contributed by atoms with Crippen molar-refractivity contribution < 1.29 is 17.9 Å². The number of rotatable bonds is 6. The van der Waals surface area contributed by atoms with Crippen LogP contribution in [0.25, 0.3) is 11.0 Å². The monoisotopic (exact) mass is 497 g/mol. The first-order valence-electron chi connectivity index (χ1n) is 12.1. The molecule has 0 unspecified atom stereocenters. The fourth-order valence-corrected chi connectivity index (χ4v) is 6.29. The summed E-state index contributed by atoms with van der Waals surface area (Å²) in [7, 11) is -1.85. The van der Waals surface area contributed by atoms with E-state index in [1.165, 1.54) is 0 Å². The van der Waals surface area contributed by atoms with Gasteiger partial charge in [0.1, 0.15) is 11.6 Å². The van der Waals surface area contributed by atoms with Gasteiger partial charge in [-0.2, -0.15) is 4.31 Å². The number of nitrogens with one attached hydrogen (secondary N) is 1. The number of sulfonamides is 1. The van der Waals surface area contributed by atoms with Crippen molar-refractivity contribution in [2.45, 2.75) is 30.7 Å². The van der Waals surface area contributed by atoms with Gasteiger partial charge in [-0.15, -0.1) is 0 Å². The average Bonchev–Trinajstić information content (AvgIpc) is 3.30. The van der Waals surface area contributed by atoms with Gasteiger partial charge in [-0.1, -0.05) is 6.42 Å². The fraction of sp³-hybridized carbons (Fsp3) is 0.440. The SMILES string of the molecule is COc1ccc2nc(CN3CCN(C(=O)c4ccc(S(=O)(=O)N5CCCCC5)cc4)CC3)[nH]c2c1. The first-order chi connectivity index (χ1) is 16.9. The van der Waals surface area contributed by atoms with E-state index in [0.29, 0.717) is 38.3 Å². The highest BCUT2D eigenvalue weighted by Crippen LogP contribution is 2.22. The third-order valence-corrected chi connectivity index (χ3v) is 8.74. The van der Waals surface area contributed by atoms with Crippen molar-refractivity contribution in [3.63, 3.8) is 0 Å². The zero-order chi connectivity index (χ0) is 24.4. The molecule has 2 fully saturated rings. The quantitative estimate of drug-likeness (QED) is 0.562. The van der Waals surface area contributed by atoms with E-state index in [9.17, 15) is 13.2 Å². The van der Waals surface area contributed by atoms with Gasteiger partial charge >= 0.3 is 0 Å². The molecule has 9 nitrogen and oxygen atoms in total. The lowest BCUT2D eigenvalue weighted by molar-refractivity contribution is 0.0626. The van der Waals surface area contributed by atoms with Gasteiger partial charge in [0.2, 0.25) is 10.0 Å². The molecule has 0 spiro atoms. The second-order valence-electron chi connectivity index (χ2n) is 9.12. The van der Waals surface area contributed by atoms with Gasteiger partial charge in [-0.3, -0.25) is 9.69 Å². The molecule has 2 saturated heterocycles. The Morgan fingerprint density at radius 2 is 1.69 bits per heavy atom. The molecule has 1 N–H and O–H groups in total. The lowest BCUT2D eigenvalue weighted by atomic mass is 10.2. The van der Waals surface area contributed by atoms with Crippen molar-refractivity contribution in [3.8, 4) is 5.75 Å². The summed E-state index contributed by atoms with van der Waals surface area (Å²) >= 11 is 0. The Balaban J connectivity index is 1.17. The maximum atomic E-state index is 13.0. The molecule has 35 heavy (non-hydrogen) atoms. The summed E-state index contributed by atoms with van der Waals surface area (Å²) in [6.07, 6.45) is 2.86. The van der Waals surface area contributed by atoms with Gasteiger partial charge < -0.3 is 14.6 Å². The van der Waals surface area contributed by atoms with E-state index >= 15 is 0 Å². The van der Waals surface area contributed by atoms with Crippen LogP contribution in [0.15, 0.2) is 47.4 Å². The molecular formula is C25H31N5O4S. The molecule has 0 atom stereocenters. The molecule has 2 aromatic carbocycles. The number of ether oxygens (including phenoxy) is 1. The summed E-state index contributed by atoms with van der Waals surface area (Å²) in [5, 5.41) is 0. The van der Waals surface area contributed by atoms with Crippen molar-refractivity contribution in [2.24, 2.45) is 0 Å². The minimum atomic E-state index is -3.49. The molecule has 2 aliphatic heterocycles. The molecule has 186 valence electrons. The van der Waals surface area contributed by atoms with Gasteiger partial charge in [0.05, 0.1) is 29.6 Å². The van der Waals surface area contributed by atoms with Crippen molar-refractivity contribution in [2.75, 3.05) is 46.4 Å². The first kappa shape index (κ1) is 23.8. The highest BCUT2D eigenvalue weighted by Gasteiger charge is 2.27. The largest absolute Gasteiger partial charge is 0.497 e. The number of aromatic amines is 1. The second kappa shape index (κ2) is 9.96. The fourth-order valence-electron chi connectivity index (χ4n) is 4.77. The van der Waals surface area contributed by atoms with Crippen LogP contribution >= 0.6 is 0 Å². The van der Waals surface area contributed by atoms with Gasteiger partial charge in [0.15, 0.2) is 0 Å². The Kier molecular flexibility index (Phi) is 6.77. The predicted molar refractivity (Wildman–Crippen MR) is 133 cm³/mol. The minimum Gasteiger partial charge on any atom is -0.497 e. The van der Waals surface area contributed by atoms with Gasteiger partial charge in [0.25, 0.3) is 5.91 Å². The number of methoxy groups -OCH3 is 1. The summed E-state index contributed by atoms with van der Waals surface area (Å²) in [6.45, 7) is 4.52. The van der Waals surface area contributed by atoms with Crippen LogP contribution < -0.4 is 4.74 Å². The minimum absolute atomic E-state index is 0.0672. The third-order valence-electron chi connectivity index (χ3n) is 6.83. The average molecular weight is 498 g/mol. The Bertz CT molecular complexity index is 1290. The van der Waals surface area contributed by atoms with Crippen molar-refractivity contribution in [1.82, 2.24) is 24.1 Å². The van der Waals surface area contributed by atoms with Crippen LogP contribution in [0, 0.1) is 0 Å². The Hall–Kier alpha value is -2.95. The number of carbonyl (C=O) groups excluding carboxylic acids is 1. The number of fused-ring (bicyclic) bond motifs is 1. The summed E-state index contributed by atoms with van der Waals surface area (Å²) in [5.41, 5.74) is 2.36. The number of piperidine rings is 1. The van der Waals surface area contributed by atoms with Crippen LogP contribution in [0.4, 0.5) is 0 Å². The van der Waals surface area contributed by atoms with Crippen molar-refractivity contribution in [1.29, 1.82) is 0 Å². The maximum absolute atomic E-state index is 13.0. The maximum Gasteiger partial charge on any atom is 0.253 e. The van der Waals surface area contributed by atoms with Crippen LogP contribution in [0.2, 0.25) is 0 Å².